The van der Waals surface area contributed by atoms with Crippen LogP contribution in [0.4, 0.5) is 5.69 Å². The lowest BCUT2D eigenvalue weighted by atomic mass is 10.1. The number of amides is 2. The van der Waals surface area contributed by atoms with Crippen LogP contribution < -0.4 is 10.6 Å². The second-order valence-corrected chi connectivity index (χ2v) is 4.52. The van der Waals surface area contributed by atoms with Gasteiger partial charge in [0.25, 0.3) is 0 Å². The molecular weight excluding hydrogens is 252 g/mol. The van der Waals surface area contributed by atoms with Gasteiger partial charge in [0.05, 0.1) is 0 Å². The van der Waals surface area contributed by atoms with Crippen molar-refractivity contribution in [2.75, 3.05) is 11.2 Å². The van der Waals surface area contributed by atoms with E-state index in [1.807, 2.05) is 38.1 Å². The summed E-state index contributed by atoms with van der Waals surface area (Å²) in [7, 11) is 0. The first-order chi connectivity index (χ1) is 8.52. The van der Waals surface area contributed by atoms with Crippen molar-refractivity contribution < 1.29 is 9.59 Å². The summed E-state index contributed by atoms with van der Waals surface area (Å²) in [6, 6.07) is 7.35. The summed E-state index contributed by atoms with van der Waals surface area (Å²) in [4.78, 5) is 22.6. The molecule has 0 aliphatic rings. The first-order valence-corrected chi connectivity index (χ1v) is 6.29. The van der Waals surface area contributed by atoms with Gasteiger partial charge in [0, 0.05) is 18.2 Å². The summed E-state index contributed by atoms with van der Waals surface area (Å²) in [5, 5.41) is 5.47. The van der Waals surface area contributed by atoms with Crippen LogP contribution in [0.1, 0.15) is 19.4 Å². The van der Waals surface area contributed by atoms with Gasteiger partial charge in [-0.1, -0.05) is 26.0 Å². The van der Waals surface area contributed by atoms with E-state index in [-0.39, 0.29) is 23.6 Å². The predicted octanol–water partition coefficient (Wildman–Crippen LogP) is 2.14. The summed E-state index contributed by atoms with van der Waals surface area (Å²) in [6.07, 6.45) is 0. The van der Waals surface area contributed by atoms with Gasteiger partial charge in [0.2, 0.25) is 11.8 Å². The highest BCUT2D eigenvalue weighted by Gasteiger charge is 2.07. The molecule has 0 atom stereocenters. The van der Waals surface area contributed by atoms with Crippen molar-refractivity contribution in [1.29, 1.82) is 0 Å². The molecule has 1 rings (SSSR count). The fraction of sp³-hybridized carbons (Fsp3) is 0.385. The molecule has 0 saturated carbocycles. The van der Waals surface area contributed by atoms with Crippen LogP contribution in [0.2, 0.25) is 0 Å². The number of carbonyl (C=O) groups excluding carboxylic acids is 2. The van der Waals surface area contributed by atoms with Gasteiger partial charge in [-0.3, -0.25) is 9.59 Å². The Morgan fingerprint density at radius 2 is 2.06 bits per heavy atom. The van der Waals surface area contributed by atoms with Crippen molar-refractivity contribution in [3.8, 4) is 0 Å². The number of rotatable bonds is 5. The van der Waals surface area contributed by atoms with Gasteiger partial charge >= 0.3 is 0 Å². The van der Waals surface area contributed by atoms with Crippen molar-refractivity contribution >= 4 is 29.1 Å². The van der Waals surface area contributed by atoms with Gasteiger partial charge in [0.15, 0.2) is 0 Å². The molecule has 0 unspecified atom stereocenters. The second kappa shape index (κ2) is 7.01. The van der Waals surface area contributed by atoms with Crippen LogP contribution in [-0.4, -0.2) is 17.7 Å². The second-order valence-electron chi connectivity index (χ2n) is 4.25. The largest absolute Gasteiger partial charge is 0.351 e. The van der Waals surface area contributed by atoms with Crippen LogP contribution in [0.5, 0.6) is 0 Å². The number of alkyl halides is 1. The number of hydrogen-bond acceptors (Lipinski definition) is 2. The number of carbonyl (C=O) groups is 2. The molecule has 5 heteroatoms. The molecule has 0 fully saturated rings. The third-order valence-corrected chi connectivity index (χ3v) is 2.57. The van der Waals surface area contributed by atoms with E-state index in [1.54, 1.807) is 0 Å². The fourth-order valence-corrected chi connectivity index (χ4v) is 1.39. The molecule has 2 amide bonds. The molecule has 0 aromatic heterocycles. The Hall–Kier alpha value is -1.55. The molecule has 0 heterocycles. The number of anilines is 1. The van der Waals surface area contributed by atoms with Crippen molar-refractivity contribution in [3.63, 3.8) is 0 Å². The van der Waals surface area contributed by atoms with E-state index in [4.69, 9.17) is 11.6 Å². The highest BCUT2D eigenvalue weighted by atomic mass is 35.5. The van der Waals surface area contributed by atoms with Crippen molar-refractivity contribution in [1.82, 2.24) is 5.32 Å². The summed E-state index contributed by atoms with van der Waals surface area (Å²) in [5.74, 6) is -0.362. The van der Waals surface area contributed by atoms with Crippen molar-refractivity contribution in [3.05, 3.63) is 29.8 Å². The summed E-state index contributed by atoms with van der Waals surface area (Å²) in [5.41, 5.74) is 1.64. The Morgan fingerprint density at radius 1 is 1.33 bits per heavy atom. The quantitative estimate of drug-likeness (QED) is 0.804. The first-order valence-electron chi connectivity index (χ1n) is 5.75. The maximum absolute atomic E-state index is 11.5. The Bertz CT molecular complexity index is 433. The number of halogens is 1. The summed E-state index contributed by atoms with van der Waals surface area (Å²) >= 11 is 5.38. The zero-order chi connectivity index (χ0) is 13.5. The molecule has 0 saturated heterocycles. The lowest BCUT2D eigenvalue weighted by molar-refractivity contribution is -0.119. The Morgan fingerprint density at radius 3 is 2.67 bits per heavy atom. The average molecular weight is 269 g/mol. The molecular formula is C13H17ClN2O2. The Labute approximate surface area is 112 Å². The van der Waals surface area contributed by atoms with E-state index in [1.165, 1.54) is 0 Å². The predicted molar refractivity (Wildman–Crippen MR) is 72.5 cm³/mol. The van der Waals surface area contributed by atoms with E-state index < -0.39 is 0 Å². The first kappa shape index (κ1) is 14.5. The van der Waals surface area contributed by atoms with Crippen molar-refractivity contribution in [2.45, 2.75) is 20.4 Å². The maximum atomic E-state index is 11.5. The van der Waals surface area contributed by atoms with Gasteiger partial charge in [-0.2, -0.15) is 0 Å². The molecule has 0 bridgehead atoms. The number of nitrogens with one attached hydrogen (secondary N) is 2. The van der Waals surface area contributed by atoms with Crippen LogP contribution in [0.15, 0.2) is 24.3 Å². The molecule has 1 aromatic carbocycles. The zero-order valence-electron chi connectivity index (χ0n) is 10.5. The lowest BCUT2D eigenvalue weighted by Gasteiger charge is -2.09. The average Bonchev–Trinajstić information content (AvgIpc) is 2.36. The van der Waals surface area contributed by atoms with E-state index in [9.17, 15) is 9.59 Å². The third-order valence-electron chi connectivity index (χ3n) is 2.33. The van der Waals surface area contributed by atoms with E-state index in [2.05, 4.69) is 10.6 Å². The molecule has 0 aliphatic heterocycles. The van der Waals surface area contributed by atoms with Crippen LogP contribution in [-0.2, 0) is 16.1 Å². The van der Waals surface area contributed by atoms with Gasteiger partial charge in [-0.05, 0) is 17.7 Å². The van der Waals surface area contributed by atoms with Gasteiger partial charge in [-0.25, -0.2) is 0 Å². The zero-order valence-corrected chi connectivity index (χ0v) is 11.3. The highest BCUT2D eigenvalue weighted by Crippen LogP contribution is 2.11. The molecule has 0 radical (unpaired) electrons. The minimum absolute atomic E-state index is 0.0306. The van der Waals surface area contributed by atoms with Crippen LogP contribution in [0.3, 0.4) is 0 Å². The van der Waals surface area contributed by atoms with Crippen molar-refractivity contribution in [2.24, 2.45) is 5.92 Å². The maximum Gasteiger partial charge on any atom is 0.235 e. The molecule has 2 N–H and O–H groups in total. The smallest absolute Gasteiger partial charge is 0.235 e. The highest BCUT2D eigenvalue weighted by molar-refractivity contribution is 6.27. The van der Waals surface area contributed by atoms with Crippen LogP contribution in [0, 0.1) is 5.92 Å². The van der Waals surface area contributed by atoms with E-state index in [0.717, 1.165) is 11.3 Å². The van der Waals surface area contributed by atoms with E-state index >= 15 is 0 Å². The lowest BCUT2D eigenvalue weighted by Crippen LogP contribution is -2.23. The van der Waals surface area contributed by atoms with Crippen LogP contribution >= 0.6 is 11.6 Å². The third kappa shape index (κ3) is 4.75. The number of benzene rings is 1. The van der Waals surface area contributed by atoms with Gasteiger partial charge < -0.3 is 10.6 Å². The molecule has 4 nitrogen and oxygen atoms in total. The molecule has 0 aliphatic carbocycles. The summed E-state index contributed by atoms with van der Waals surface area (Å²) in [6.45, 7) is 4.07. The van der Waals surface area contributed by atoms with Gasteiger partial charge in [0.1, 0.15) is 5.88 Å². The van der Waals surface area contributed by atoms with Crippen LogP contribution in [0.25, 0.3) is 0 Å². The minimum Gasteiger partial charge on any atom is -0.351 e. The topological polar surface area (TPSA) is 58.2 Å². The number of hydrogen-bond donors (Lipinski definition) is 2. The van der Waals surface area contributed by atoms with Gasteiger partial charge in [-0.15, -0.1) is 11.6 Å². The van der Waals surface area contributed by atoms with E-state index in [0.29, 0.717) is 6.54 Å². The fourth-order valence-electron chi connectivity index (χ4n) is 1.29. The minimum atomic E-state index is -0.215. The molecule has 18 heavy (non-hydrogen) atoms. The Kier molecular flexibility index (Phi) is 5.65. The Balaban J connectivity index is 2.62. The standard InChI is InChI=1S/C13H17ClN2O2/c1-9(2)13(18)16-11-5-3-4-10(6-11)8-15-12(17)7-14/h3-6,9H,7-8H2,1-2H3,(H,15,17)(H,16,18). The molecule has 98 valence electrons. The molecule has 0 spiro atoms. The molecule has 1 aromatic rings. The normalized spacial score (nSPS) is 10.2. The monoisotopic (exact) mass is 268 g/mol. The SMILES string of the molecule is CC(C)C(=O)Nc1cccc(CNC(=O)CCl)c1. The summed E-state index contributed by atoms with van der Waals surface area (Å²) < 4.78 is 0.